The number of allylic oxidation sites excluding steroid dienone is 1. The summed E-state index contributed by atoms with van der Waals surface area (Å²) in [5.41, 5.74) is 4.24. The van der Waals surface area contributed by atoms with E-state index in [4.69, 9.17) is 4.74 Å². The molecule has 1 saturated heterocycles. The Bertz CT molecular complexity index is 1000. The van der Waals surface area contributed by atoms with Gasteiger partial charge in [-0.2, -0.15) is 5.10 Å². The first kappa shape index (κ1) is 16.5. The lowest BCUT2D eigenvalue weighted by Gasteiger charge is -2.34. The summed E-state index contributed by atoms with van der Waals surface area (Å²) in [6.45, 7) is 2.83. The van der Waals surface area contributed by atoms with Crippen molar-refractivity contribution in [1.82, 2.24) is 20.0 Å². The standard InChI is InChI=1S/C19H18N4O3S/c24-19(25)23-10-16(22-4-6-26-7-5-22)13-8-17(27-18(13)11-23)12-2-1-3-15-14(12)9-20-21-15/h1-3,8-11,17H,4-7H2,(H,20,21)(H,24,25). The van der Waals surface area contributed by atoms with Crippen LogP contribution in [0.2, 0.25) is 0 Å². The molecule has 7 nitrogen and oxygen atoms in total. The lowest BCUT2D eigenvalue weighted by atomic mass is 10.0. The molecular weight excluding hydrogens is 364 g/mol. The maximum atomic E-state index is 11.6. The van der Waals surface area contributed by atoms with Gasteiger partial charge in [-0.1, -0.05) is 18.2 Å². The van der Waals surface area contributed by atoms with Crippen molar-refractivity contribution in [2.75, 3.05) is 26.3 Å². The molecule has 2 aromatic rings. The predicted octanol–water partition coefficient (Wildman–Crippen LogP) is 3.29. The molecule has 0 radical (unpaired) electrons. The number of nitrogens with zero attached hydrogens (tertiary/aromatic N) is 3. The first-order valence-electron chi connectivity index (χ1n) is 8.79. The molecular formula is C19H18N4O3S. The Balaban J connectivity index is 1.56. The highest BCUT2D eigenvalue weighted by Crippen LogP contribution is 2.51. The van der Waals surface area contributed by atoms with E-state index in [1.165, 1.54) is 10.5 Å². The second-order valence-corrected chi connectivity index (χ2v) is 7.78. The number of nitrogens with one attached hydrogen (secondary N) is 1. The van der Waals surface area contributed by atoms with Crippen molar-refractivity contribution in [2.45, 2.75) is 5.25 Å². The van der Waals surface area contributed by atoms with Crippen LogP contribution in [0.15, 0.2) is 59.0 Å². The lowest BCUT2D eigenvalue weighted by Crippen LogP contribution is -2.38. The summed E-state index contributed by atoms with van der Waals surface area (Å²) in [7, 11) is 0. The van der Waals surface area contributed by atoms with Crippen molar-refractivity contribution >= 4 is 28.8 Å². The van der Waals surface area contributed by atoms with Gasteiger partial charge in [0.15, 0.2) is 0 Å². The van der Waals surface area contributed by atoms with Gasteiger partial charge in [0.1, 0.15) is 0 Å². The minimum absolute atomic E-state index is 0.116. The molecule has 0 bridgehead atoms. The highest BCUT2D eigenvalue weighted by molar-refractivity contribution is 8.04. The molecule has 3 aliphatic rings. The van der Waals surface area contributed by atoms with Crippen LogP contribution < -0.4 is 0 Å². The number of H-pyrrole nitrogens is 1. The number of carbonyl (C=O) groups is 1. The zero-order chi connectivity index (χ0) is 18.4. The van der Waals surface area contributed by atoms with Crippen LogP contribution in [0, 0.1) is 0 Å². The van der Waals surface area contributed by atoms with Crippen molar-refractivity contribution in [3.05, 3.63) is 64.6 Å². The molecule has 1 atom stereocenters. The molecule has 1 aromatic heterocycles. The summed E-state index contributed by atoms with van der Waals surface area (Å²) >= 11 is 1.68. The summed E-state index contributed by atoms with van der Waals surface area (Å²) in [4.78, 5) is 16.1. The first-order valence-corrected chi connectivity index (χ1v) is 9.67. The topological polar surface area (TPSA) is 81.7 Å². The Kier molecular flexibility index (Phi) is 3.95. The van der Waals surface area contributed by atoms with Gasteiger partial charge in [-0.3, -0.25) is 10.00 Å². The van der Waals surface area contributed by atoms with Crippen molar-refractivity contribution < 1.29 is 14.6 Å². The van der Waals surface area contributed by atoms with Crippen molar-refractivity contribution in [3.8, 4) is 0 Å². The number of rotatable bonds is 2. The summed E-state index contributed by atoms with van der Waals surface area (Å²) in [5, 5.41) is 17.9. The van der Waals surface area contributed by atoms with E-state index in [0.29, 0.717) is 13.2 Å². The van der Waals surface area contributed by atoms with Gasteiger partial charge in [-0.05, 0) is 11.6 Å². The molecule has 0 aliphatic carbocycles. The van der Waals surface area contributed by atoms with Crippen LogP contribution >= 0.6 is 11.8 Å². The number of aromatic amines is 1. The van der Waals surface area contributed by atoms with Gasteiger partial charge in [-0.15, -0.1) is 11.8 Å². The smallest absolute Gasteiger partial charge is 0.415 e. The van der Waals surface area contributed by atoms with E-state index in [9.17, 15) is 9.90 Å². The van der Waals surface area contributed by atoms with E-state index >= 15 is 0 Å². The molecule has 2 N–H and O–H groups in total. The van der Waals surface area contributed by atoms with Crippen LogP contribution in [0.5, 0.6) is 0 Å². The lowest BCUT2D eigenvalue weighted by molar-refractivity contribution is 0.0541. The molecule has 8 heteroatoms. The van der Waals surface area contributed by atoms with Crippen LogP contribution in [-0.4, -0.2) is 57.5 Å². The minimum Gasteiger partial charge on any atom is -0.464 e. The average molecular weight is 382 g/mol. The maximum absolute atomic E-state index is 11.6. The number of hydrogen-bond donors (Lipinski definition) is 2. The normalized spacial score (nSPS) is 22.4. The van der Waals surface area contributed by atoms with E-state index in [0.717, 1.165) is 40.2 Å². The monoisotopic (exact) mass is 382 g/mol. The van der Waals surface area contributed by atoms with E-state index < -0.39 is 6.09 Å². The van der Waals surface area contributed by atoms with Gasteiger partial charge in [0.05, 0.1) is 35.9 Å². The molecule has 1 amide bonds. The zero-order valence-corrected chi connectivity index (χ0v) is 15.3. The highest BCUT2D eigenvalue weighted by atomic mass is 32.2. The van der Waals surface area contributed by atoms with Crippen LogP contribution in [0.1, 0.15) is 10.8 Å². The van der Waals surface area contributed by atoms with Gasteiger partial charge in [-0.25, -0.2) is 4.79 Å². The molecule has 5 rings (SSSR count). The molecule has 0 spiro atoms. The fraction of sp³-hybridized carbons (Fsp3) is 0.263. The van der Waals surface area contributed by atoms with E-state index in [1.807, 2.05) is 18.3 Å². The van der Waals surface area contributed by atoms with Gasteiger partial charge >= 0.3 is 6.09 Å². The SMILES string of the molecule is O=C(O)N1C=C2SC(c3cccc4[nH]ncc34)C=C2C(N2CCOCC2)=C1. The summed E-state index contributed by atoms with van der Waals surface area (Å²) in [6.07, 6.45) is 6.53. The summed E-state index contributed by atoms with van der Waals surface area (Å²) in [6, 6.07) is 6.14. The Hall–Kier alpha value is -2.71. The Labute approximate surface area is 160 Å². The van der Waals surface area contributed by atoms with Crippen LogP contribution in [0.3, 0.4) is 0 Å². The number of aromatic nitrogens is 2. The molecule has 0 saturated carbocycles. The molecule has 4 heterocycles. The Morgan fingerprint density at radius 1 is 1.30 bits per heavy atom. The third kappa shape index (κ3) is 2.81. The third-order valence-corrected chi connectivity index (χ3v) is 6.25. The number of hydrogen-bond acceptors (Lipinski definition) is 5. The number of thioether (sulfide) groups is 1. The summed E-state index contributed by atoms with van der Waals surface area (Å²) in [5.74, 6) is 0. The number of amides is 1. The van der Waals surface area contributed by atoms with E-state index in [-0.39, 0.29) is 5.25 Å². The molecule has 1 fully saturated rings. The number of ether oxygens (including phenoxy) is 1. The van der Waals surface area contributed by atoms with Gasteiger partial charge in [0.25, 0.3) is 0 Å². The number of fused-ring (bicyclic) bond motifs is 2. The van der Waals surface area contributed by atoms with Crippen molar-refractivity contribution in [2.24, 2.45) is 0 Å². The summed E-state index contributed by atoms with van der Waals surface area (Å²) < 4.78 is 5.46. The van der Waals surface area contributed by atoms with Crippen molar-refractivity contribution in [3.63, 3.8) is 0 Å². The predicted molar refractivity (Wildman–Crippen MR) is 103 cm³/mol. The Morgan fingerprint density at radius 2 is 2.15 bits per heavy atom. The molecule has 1 unspecified atom stereocenters. The molecule has 27 heavy (non-hydrogen) atoms. The third-order valence-electron chi connectivity index (χ3n) is 5.03. The second-order valence-electron chi connectivity index (χ2n) is 6.59. The van der Waals surface area contributed by atoms with Crippen LogP contribution in [0.25, 0.3) is 10.9 Å². The maximum Gasteiger partial charge on any atom is 0.415 e. The number of morpholine rings is 1. The van der Waals surface area contributed by atoms with Gasteiger partial charge in [0.2, 0.25) is 0 Å². The van der Waals surface area contributed by atoms with Crippen LogP contribution in [-0.2, 0) is 4.74 Å². The molecule has 138 valence electrons. The fourth-order valence-corrected chi connectivity index (χ4v) is 4.99. The minimum atomic E-state index is -0.978. The first-order chi connectivity index (χ1) is 13.2. The fourth-order valence-electron chi connectivity index (χ4n) is 3.70. The quantitative estimate of drug-likeness (QED) is 0.830. The van der Waals surface area contributed by atoms with Crippen molar-refractivity contribution in [1.29, 1.82) is 0 Å². The highest BCUT2D eigenvalue weighted by Gasteiger charge is 2.33. The molecule has 3 aliphatic heterocycles. The van der Waals surface area contributed by atoms with Crippen LogP contribution in [0.4, 0.5) is 4.79 Å². The van der Waals surface area contributed by atoms with E-state index in [1.54, 1.807) is 24.2 Å². The number of carboxylic acid groups (broad SMARTS) is 1. The van der Waals surface area contributed by atoms with Gasteiger partial charge < -0.3 is 14.7 Å². The van der Waals surface area contributed by atoms with E-state index in [2.05, 4.69) is 27.2 Å². The average Bonchev–Trinajstić information content (AvgIpc) is 3.34. The Morgan fingerprint density at radius 3 is 2.96 bits per heavy atom. The second kappa shape index (κ2) is 6.47. The zero-order valence-electron chi connectivity index (χ0n) is 14.5. The largest absolute Gasteiger partial charge is 0.464 e. The van der Waals surface area contributed by atoms with Gasteiger partial charge in [0, 0.05) is 41.4 Å². The number of benzene rings is 1. The molecule has 1 aromatic carbocycles.